The Morgan fingerprint density at radius 2 is 1.97 bits per heavy atom. The maximum absolute atomic E-state index is 12.1. The molecule has 176 valence electrons. The van der Waals surface area contributed by atoms with Crippen LogP contribution in [0.3, 0.4) is 0 Å². The second-order valence-corrected chi connectivity index (χ2v) is 8.34. The molecule has 2 aromatic carbocycles. The number of hydroxylamine groups is 1. The average molecular weight is 461 g/mol. The highest BCUT2D eigenvalue weighted by Gasteiger charge is 2.38. The fraction of sp³-hybridized carbons (Fsp3) is 0.296. The van der Waals surface area contributed by atoms with Gasteiger partial charge in [-0.25, -0.2) is 0 Å². The molecule has 3 aromatic rings. The van der Waals surface area contributed by atoms with Crippen LogP contribution in [0.4, 0.5) is 0 Å². The van der Waals surface area contributed by atoms with Gasteiger partial charge in [0.15, 0.2) is 11.9 Å². The molecule has 7 nitrogen and oxygen atoms in total. The fourth-order valence-corrected chi connectivity index (χ4v) is 3.80. The molecule has 4 rings (SSSR count). The number of aryl methyl sites for hydroxylation is 1. The normalized spacial score (nSPS) is 17.2. The Hall–Kier alpha value is -3.71. The first kappa shape index (κ1) is 23.4. The number of rotatable bonds is 10. The first-order chi connectivity index (χ1) is 16.5. The third kappa shape index (κ3) is 5.43. The van der Waals surface area contributed by atoms with E-state index in [1.54, 1.807) is 6.08 Å². The topological polar surface area (TPSA) is 86.8 Å². The van der Waals surface area contributed by atoms with Gasteiger partial charge in [0.2, 0.25) is 0 Å². The first-order valence-electron chi connectivity index (χ1n) is 11.4. The number of ether oxygens (including phenoxy) is 2. The van der Waals surface area contributed by atoms with Crippen molar-refractivity contribution in [2.75, 3.05) is 6.61 Å². The van der Waals surface area contributed by atoms with Gasteiger partial charge in [0.1, 0.15) is 12.4 Å². The number of nitrogens with zero attached hydrogens (tertiary/aromatic N) is 1. The third-order valence-electron chi connectivity index (χ3n) is 5.61. The maximum atomic E-state index is 12.1. The van der Waals surface area contributed by atoms with E-state index in [2.05, 4.69) is 10.5 Å². The van der Waals surface area contributed by atoms with E-state index in [0.29, 0.717) is 30.9 Å². The molecule has 0 radical (unpaired) electrons. The van der Waals surface area contributed by atoms with Crippen molar-refractivity contribution in [2.45, 2.75) is 45.3 Å². The van der Waals surface area contributed by atoms with Gasteiger partial charge in [0.25, 0.3) is 0 Å². The molecule has 0 fully saturated rings. The van der Waals surface area contributed by atoms with Gasteiger partial charge < -0.3 is 9.47 Å². The molecule has 34 heavy (non-hydrogen) atoms. The largest absolute Gasteiger partial charge is 0.489 e. The molecular weight excluding hydrogens is 432 g/mol. The highest BCUT2D eigenvalue weighted by Crippen LogP contribution is 2.29. The zero-order valence-electron chi connectivity index (χ0n) is 19.4. The van der Waals surface area contributed by atoms with Crippen LogP contribution in [0.2, 0.25) is 0 Å². The van der Waals surface area contributed by atoms with Gasteiger partial charge in [0, 0.05) is 16.6 Å². The van der Waals surface area contributed by atoms with Crippen LogP contribution in [-0.4, -0.2) is 29.4 Å². The summed E-state index contributed by atoms with van der Waals surface area (Å²) in [7, 11) is 0. The Labute approximate surface area is 198 Å². The standard InChI is InChI=1S/C27H28N2O5/c1-3-4-13-32-26(31)16-27(18-30)15-25(29-34-27)20-9-11-22(12-10-20)33-17-21-14-19(2)28-24-8-6-5-7-23(21)24/h5-12,14-15,18,29H,3-4,13,16-17H2,1-2H3. The monoisotopic (exact) mass is 460 g/mol. The predicted octanol–water partition coefficient (Wildman–Crippen LogP) is 4.67. The summed E-state index contributed by atoms with van der Waals surface area (Å²) >= 11 is 0. The number of esters is 1. The number of carbonyl (C=O) groups is 2. The Balaban J connectivity index is 1.42. The molecule has 0 bridgehead atoms. The lowest BCUT2D eigenvalue weighted by molar-refractivity contribution is -0.153. The smallest absolute Gasteiger partial charge is 0.309 e. The number of para-hydroxylation sites is 1. The first-order valence-corrected chi connectivity index (χ1v) is 11.4. The van der Waals surface area contributed by atoms with E-state index in [0.717, 1.165) is 40.6 Å². The van der Waals surface area contributed by atoms with E-state index < -0.39 is 11.6 Å². The van der Waals surface area contributed by atoms with Crippen molar-refractivity contribution in [1.29, 1.82) is 0 Å². The van der Waals surface area contributed by atoms with Gasteiger partial charge in [-0.05, 0) is 61.4 Å². The van der Waals surface area contributed by atoms with E-state index >= 15 is 0 Å². The Kier molecular flexibility index (Phi) is 7.23. The van der Waals surface area contributed by atoms with Crippen LogP contribution in [0, 0.1) is 6.92 Å². The van der Waals surface area contributed by atoms with E-state index in [4.69, 9.17) is 14.3 Å². The number of hydrogen-bond acceptors (Lipinski definition) is 7. The summed E-state index contributed by atoms with van der Waals surface area (Å²) in [6, 6.07) is 17.5. The Bertz CT molecular complexity index is 1210. The zero-order valence-corrected chi connectivity index (χ0v) is 19.4. The van der Waals surface area contributed by atoms with Gasteiger partial charge >= 0.3 is 5.97 Å². The number of unbranched alkanes of at least 4 members (excludes halogenated alkanes) is 1. The van der Waals surface area contributed by atoms with Gasteiger partial charge in [-0.2, -0.15) is 0 Å². The van der Waals surface area contributed by atoms with Crippen LogP contribution < -0.4 is 10.2 Å². The summed E-state index contributed by atoms with van der Waals surface area (Å²) in [4.78, 5) is 33.8. The molecule has 1 unspecified atom stereocenters. The highest BCUT2D eigenvalue weighted by molar-refractivity contribution is 5.84. The molecule has 1 N–H and O–H groups in total. The van der Waals surface area contributed by atoms with Crippen molar-refractivity contribution >= 4 is 28.9 Å². The van der Waals surface area contributed by atoms with Crippen LogP contribution in [-0.2, 0) is 25.8 Å². The summed E-state index contributed by atoms with van der Waals surface area (Å²) in [5.41, 5.74) is 5.76. The molecule has 1 atom stereocenters. The number of aldehydes is 1. The summed E-state index contributed by atoms with van der Waals surface area (Å²) in [6.07, 6.45) is 3.75. The second-order valence-electron chi connectivity index (χ2n) is 8.34. The minimum Gasteiger partial charge on any atom is -0.489 e. The molecule has 0 saturated carbocycles. The summed E-state index contributed by atoms with van der Waals surface area (Å²) < 4.78 is 11.2. The molecule has 2 heterocycles. The number of nitrogens with one attached hydrogen (secondary N) is 1. The molecular formula is C27H28N2O5. The lowest BCUT2D eigenvalue weighted by Crippen LogP contribution is -2.35. The predicted molar refractivity (Wildman–Crippen MR) is 129 cm³/mol. The molecule has 0 saturated heterocycles. The maximum Gasteiger partial charge on any atom is 0.309 e. The Morgan fingerprint density at radius 1 is 1.18 bits per heavy atom. The summed E-state index contributed by atoms with van der Waals surface area (Å²) in [6.45, 7) is 4.74. The zero-order chi connectivity index (χ0) is 24.0. The van der Waals surface area contributed by atoms with Gasteiger partial charge in [-0.1, -0.05) is 31.5 Å². The van der Waals surface area contributed by atoms with Crippen LogP contribution in [0.1, 0.15) is 43.0 Å². The van der Waals surface area contributed by atoms with Gasteiger partial charge in [-0.15, -0.1) is 0 Å². The lowest BCUT2D eigenvalue weighted by Gasteiger charge is -2.17. The van der Waals surface area contributed by atoms with Gasteiger partial charge in [-0.3, -0.25) is 24.9 Å². The fourth-order valence-electron chi connectivity index (χ4n) is 3.80. The molecule has 1 aliphatic heterocycles. The SMILES string of the molecule is CCCCOC(=O)CC1(C=O)C=C(c2ccc(OCc3cc(C)nc4ccccc34)cc2)NO1. The highest BCUT2D eigenvalue weighted by atomic mass is 16.7. The van der Waals surface area contributed by atoms with E-state index in [1.807, 2.05) is 68.4 Å². The number of benzene rings is 2. The van der Waals surface area contributed by atoms with Gasteiger partial charge in [0.05, 0.1) is 24.2 Å². The minimum absolute atomic E-state index is 0.183. The minimum atomic E-state index is -1.38. The Morgan fingerprint density at radius 3 is 2.74 bits per heavy atom. The van der Waals surface area contributed by atoms with Crippen molar-refractivity contribution in [3.63, 3.8) is 0 Å². The van der Waals surface area contributed by atoms with Crippen LogP contribution in [0.25, 0.3) is 16.6 Å². The van der Waals surface area contributed by atoms with E-state index in [1.165, 1.54) is 0 Å². The molecule has 0 amide bonds. The average Bonchev–Trinajstić information content (AvgIpc) is 3.27. The molecule has 0 spiro atoms. The van der Waals surface area contributed by atoms with Crippen LogP contribution in [0.15, 0.2) is 60.7 Å². The molecule has 1 aliphatic rings. The number of aromatic nitrogens is 1. The quantitative estimate of drug-likeness (QED) is 0.267. The summed E-state index contributed by atoms with van der Waals surface area (Å²) in [5, 5.41) is 1.07. The lowest BCUT2D eigenvalue weighted by atomic mass is 9.99. The number of fused-ring (bicyclic) bond motifs is 1. The molecule has 0 aliphatic carbocycles. The number of pyridine rings is 1. The number of carbonyl (C=O) groups excluding carboxylic acids is 2. The summed E-state index contributed by atoms with van der Waals surface area (Å²) in [5.74, 6) is 0.241. The van der Waals surface area contributed by atoms with Crippen molar-refractivity contribution in [3.05, 3.63) is 77.5 Å². The van der Waals surface area contributed by atoms with Crippen LogP contribution >= 0.6 is 0 Å². The third-order valence-corrected chi connectivity index (χ3v) is 5.61. The van der Waals surface area contributed by atoms with E-state index in [-0.39, 0.29) is 6.42 Å². The van der Waals surface area contributed by atoms with E-state index in [9.17, 15) is 9.59 Å². The van der Waals surface area contributed by atoms with Crippen molar-refractivity contribution in [3.8, 4) is 5.75 Å². The second kappa shape index (κ2) is 10.5. The van der Waals surface area contributed by atoms with Crippen molar-refractivity contribution < 1.29 is 23.9 Å². The molecule has 7 heteroatoms. The van der Waals surface area contributed by atoms with Crippen molar-refractivity contribution in [2.24, 2.45) is 0 Å². The van der Waals surface area contributed by atoms with Crippen LogP contribution in [0.5, 0.6) is 5.75 Å². The molecule has 1 aromatic heterocycles. The van der Waals surface area contributed by atoms with Crippen molar-refractivity contribution in [1.82, 2.24) is 10.5 Å². The number of hydrogen-bond donors (Lipinski definition) is 1.